The third-order valence-corrected chi connectivity index (χ3v) is 14.5. The molecule has 6 heterocycles. The summed E-state index contributed by atoms with van der Waals surface area (Å²) in [7, 11) is 0. The van der Waals surface area contributed by atoms with Crippen molar-refractivity contribution < 1.29 is 0 Å². The van der Waals surface area contributed by atoms with Crippen molar-refractivity contribution in [3.8, 4) is 11.4 Å². The first-order chi connectivity index (χ1) is 24.7. The highest BCUT2D eigenvalue weighted by Gasteiger charge is 2.42. The molecule has 0 spiro atoms. The van der Waals surface area contributed by atoms with E-state index in [4.69, 9.17) is 0 Å². The zero-order valence-corrected chi connectivity index (χ0v) is 29.0. The molecule has 13 rings (SSSR count). The first-order valence-corrected chi connectivity index (χ1v) is 19.2. The van der Waals surface area contributed by atoms with Gasteiger partial charge in [0.1, 0.15) is 0 Å². The van der Waals surface area contributed by atoms with E-state index in [1.165, 1.54) is 118 Å². The largest absolute Gasteiger partial charge is 0.310 e. The van der Waals surface area contributed by atoms with E-state index in [9.17, 15) is 0 Å². The smallest absolute Gasteiger partial charge is 0.249 e. The summed E-state index contributed by atoms with van der Waals surface area (Å²) in [5.41, 5.74) is 19.4. The predicted molar refractivity (Wildman–Crippen MR) is 215 cm³/mol. The van der Waals surface area contributed by atoms with Crippen LogP contribution in [0.3, 0.4) is 0 Å². The minimum atomic E-state index is 0.227. The second-order valence-electron chi connectivity index (χ2n) is 14.4. The molecule has 0 unspecified atom stereocenters. The van der Waals surface area contributed by atoms with Crippen LogP contribution in [0, 0.1) is 13.8 Å². The maximum atomic E-state index is 2.65. The first kappa shape index (κ1) is 26.8. The van der Waals surface area contributed by atoms with Crippen LogP contribution in [0.5, 0.6) is 0 Å². The second-order valence-corrected chi connectivity index (χ2v) is 16.5. The van der Waals surface area contributed by atoms with Gasteiger partial charge in [-0.05, 0) is 83.2 Å². The molecule has 0 radical (unpaired) electrons. The lowest BCUT2D eigenvalue weighted by Gasteiger charge is -2.33. The summed E-state index contributed by atoms with van der Waals surface area (Å²) in [5.74, 6) is 0. The molecule has 0 bridgehead atoms. The van der Waals surface area contributed by atoms with Crippen molar-refractivity contribution in [2.45, 2.75) is 33.4 Å². The van der Waals surface area contributed by atoms with Gasteiger partial charge in [-0.25, -0.2) is 0 Å². The lowest BCUT2D eigenvalue weighted by Crippen LogP contribution is -2.58. The fraction of sp³-hybridized carbons (Fsp3) is 0.0455. The molecular formula is C44H26B2N2S2. The van der Waals surface area contributed by atoms with Crippen LogP contribution in [0.1, 0.15) is 11.1 Å². The Bertz CT molecular complexity index is 2890. The van der Waals surface area contributed by atoms with Crippen molar-refractivity contribution in [3.63, 3.8) is 0 Å². The van der Waals surface area contributed by atoms with Gasteiger partial charge in [0.2, 0.25) is 13.4 Å². The van der Waals surface area contributed by atoms with Crippen LogP contribution in [0.15, 0.2) is 141 Å². The molecule has 7 aromatic carbocycles. The normalized spacial score (nSPS) is 14.4. The highest BCUT2D eigenvalue weighted by molar-refractivity contribution is 8.00. The highest BCUT2D eigenvalue weighted by atomic mass is 32.2. The van der Waals surface area contributed by atoms with Crippen LogP contribution in [0.25, 0.3) is 55.0 Å². The van der Waals surface area contributed by atoms with Gasteiger partial charge in [0.15, 0.2) is 0 Å². The molecule has 6 heteroatoms. The second kappa shape index (κ2) is 9.00. The molecule has 2 nitrogen and oxygen atoms in total. The lowest BCUT2D eigenvalue weighted by atomic mass is 9.35. The van der Waals surface area contributed by atoms with E-state index in [0.717, 1.165) is 0 Å². The Morgan fingerprint density at radius 1 is 0.400 bits per heavy atom. The third-order valence-electron chi connectivity index (χ3n) is 12.2. The van der Waals surface area contributed by atoms with Gasteiger partial charge in [0.25, 0.3) is 0 Å². The van der Waals surface area contributed by atoms with E-state index in [-0.39, 0.29) is 13.4 Å². The van der Waals surface area contributed by atoms with E-state index >= 15 is 0 Å². The van der Waals surface area contributed by atoms with Crippen LogP contribution < -0.4 is 32.8 Å². The molecule has 4 aliphatic rings. The topological polar surface area (TPSA) is 9.86 Å². The Labute approximate surface area is 298 Å². The van der Waals surface area contributed by atoms with E-state index < -0.39 is 0 Å². The number of nitrogens with zero attached hydrogens (tertiary/aromatic N) is 2. The fourth-order valence-electron chi connectivity index (χ4n) is 10.4. The zero-order chi connectivity index (χ0) is 32.6. The van der Waals surface area contributed by atoms with Gasteiger partial charge in [-0.15, -0.1) is 0 Å². The van der Waals surface area contributed by atoms with Crippen LogP contribution in [0.4, 0.5) is 0 Å². The number of rotatable bonds is 0. The molecule has 2 aromatic heterocycles. The number of aromatic nitrogens is 2. The summed E-state index contributed by atoms with van der Waals surface area (Å²) >= 11 is 3.85. The fourth-order valence-corrected chi connectivity index (χ4v) is 12.7. The van der Waals surface area contributed by atoms with E-state index in [0.29, 0.717) is 0 Å². The van der Waals surface area contributed by atoms with Crippen molar-refractivity contribution in [1.82, 2.24) is 9.13 Å². The highest BCUT2D eigenvalue weighted by Crippen LogP contribution is 2.47. The number of para-hydroxylation sites is 2. The van der Waals surface area contributed by atoms with Gasteiger partial charge in [0.05, 0.1) is 11.0 Å². The van der Waals surface area contributed by atoms with E-state index in [1.54, 1.807) is 0 Å². The van der Waals surface area contributed by atoms with Gasteiger partial charge >= 0.3 is 0 Å². The molecule has 0 atom stereocenters. The van der Waals surface area contributed by atoms with Crippen molar-refractivity contribution in [2.75, 3.05) is 0 Å². The molecule has 0 fully saturated rings. The molecule has 9 aromatic rings. The molecule has 50 heavy (non-hydrogen) atoms. The molecule has 0 aliphatic carbocycles. The summed E-state index contributed by atoms with van der Waals surface area (Å²) in [5, 5.41) is 5.51. The Hall–Kier alpha value is -5.03. The van der Waals surface area contributed by atoms with Crippen LogP contribution in [-0.2, 0) is 0 Å². The van der Waals surface area contributed by atoms with Gasteiger partial charge in [-0.3, -0.25) is 0 Å². The Kier molecular flexibility index (Phi) is 4.82. The van der Waals surface area contributed by atoms with Gasteiger partial charge in [0, 0.05) is 63.5 Å². The Morgan fingerprint density at radius 2 is 0.820 bits per heavy atom. The number of hydrogen-bond donors (Lipinski definition) is 0. The monoisotopic (exact) mass is 668 g/mol. The van der Waals surface area contributed by atoms with Crippen molar-refractivity contribution in [3.05, 3.63) is 132 Å². The van der Waals surface area contributed by atoms with Crippen LogP contribution in [-0.4, -0.2) is 22.6 Å². The summed E-state index contributed by atoms with van der Waals surface area (Å²) < 4.78 is 5.30. The quantitative estimate of drug-likeness (QED) is 0.160. The molecule has 0 amide bonds. The van der Waals surface area contributed by atoms with Crippen LogP contribution in [0.2, 0.25) is 0 Å². The summed E-state index contributed by atoms with van der Waals surface area (Å²) in [6.07, 6.45) is 0. The Balaban J connectivity index is 1.24. The average Bonchev–Trinajstić information content (AvgIpc) is 3.70. The average molecular weight is 668 g/mol. The number of fused-ring (bicyclic) bond motifs is 14. The predicted octanol–water partition coefficient (Wildman–Crippen LogP) is 7.09. The zero-order valence-electron chi connectivity index (χ0n) is 27.4. The standard InChI is InChI=1S/C44H26B2N2S2/c1-23-37-25-11-7-15-29-43(25)47(31-17-9-21-35-39(31)45(29)27-13-3-5-19-33(27)49-35)41(37)24(2)42-38(23)26-12-8-16-30-44(26)48(42)32-18-10-22-36-40(32)46(30)28-14-4-6-20-34(28)50-36/h3-22H,1-2H3. The molecule has 0 saturated heterocycles. The number of benzene rings is 7. The first-order valence-electron chi connectivity index (χ1n) is 17.5. The maximum Gasteiger partial charge on any atom is 0.249 e. The molecule has 230 valence electrons. The van der Waals surface area contributed by atoms with Crippen molar-refractivity contribution >= 4 is 113 Å². The van der Waals surface area contributed by atoms with E-state index in [2.05, 4.69) is 144 Å². The molecule has 0 saturated carbocycles. The van der Waals surface area contributed by atoms with Gasteiger partial charge in [-0.2, -0.15) is 0 Å². The molecule has 4 aliphatic heterocycles. The Morgan fingerprint density at radius 3 is 1.32 bits per heavy atom. The SMILES string of the molecule is Cc1c2c3cccc4c3n(c2c(C)c2c1c1cccc3c1n2-c1cccc2c1B3c1ccccc1S2)-c1cccc2c1B4c1ccccc1S2. The summed E-state index contributed by atoms with van der Waals surface area (Å²) in [4.78, 5) is 5.49. The summed E-state index contributed by atoms with van der Waals surface area (Å²) in [6, 6.07) is 46.2. The lowest BCUT2D eigenvalue weighted by molar-refractivity contribution is 1.14. The van der Waals surface area contributed by atoms with Crippen molar-refractivity contribution in [2.24, 2.45) is 0 Å². The van der Waals surface area contributed by atoms with Gasteiger partial charge < -0.3 is 9.13 Å². The third kappa shape index (κ3) is 2.92. The molecular weight excluding hydrogens is 642 g/mol. The van der Waals surface area contributed by atoms with E-state index in [1.807, 2.05) is 23.5 Å². The van der Waals surface area contributed by atoms with Crippen molar-refractivity contribution in [1.29, 1.82) is 0 Å². The van der Waals surface area contributed by atoms with Crippen LogP contribution >= 0.6 is 23.5 Å². The summed E-state index contributed by atoms with van der Waals surface area (Å²) in [6.45, 7) is 5.24. The number of hydrogen-bond acceptors (Lipinski definition) is 2. The minimum Gasteiger partial charge on any atom is -0.310 e. The number of aryl methyl sites for hydroxylation is 2. The molecule has 0 N–H and O–H groups in total. The van der Waals surface area contributed by atoms with Gasteiger partial charge in [-0.1, -0.05) is 119 Å². The maximum absolute atomic E-state index is 2.65. The minimum absolute atomic E-state index is 0.227.